The zero-order valence-electron chi connectivity index (χ0n) is 13.0. The van der Waals surface area contributed by atoms with Crippen LogP contribution < -0.4 is 4.90 Å². The van der Waals surface area contributed by atoms with Crippen molar-refractivity contribution in [3.8, 4) is 0 Å². The zero-order valence-corrected chi connectivity index (χ0v) is 13.8. The van der Waals surface area contributed by atoms with Crippen molar-refractivity contribution in [1.82, 2.24) is 4.90 Å². The smallest absolute Gasteiger partial charge is 0.270 e. The first kappa shape index (κ1) is 17.6. The summed E-state index contributed by atoms with van der Waals surface area (Å²) in [5.41, 5.74) is 0.273. The van der Waals surface area contributed by atoms with Crippen molar-refractivity contribution in [2.24, 2.45) is 0 Å². The largest absolute Gasteiger partial charge is 0.395 e. The van der Waals surface area contributed by atoms with Crippen LogP contribution in [0.2, 0.25) is 0 Å². The highest BCUT2D eigenvalue weighted by Gasteiger charge is 2.23. The van der Waals surface area contributed by atoms with Crippen molar-refractivity contribution < 1.29 is 18.4 Å². The number of sulfone groups is 1. The van der Waals surface area contributed by atoms with E-state index >= 15 is 0 Å². The van der Waals surface area contributed by atoms with Crippen LogP contribution in [0.3, 0.4) is 0 Å². The lowest BCUT2D eigenvalue weighted by Crippen LogP contribution is -2.32. The summed E-state index contributed by atoms with van der Waals surface area (Å²) in [5.74, 6) is 0. The molecule has 0 radical (unpaired) electrons. The van der Waals surface area contributed by atoms with E-state index in [-0.39, 0.29) is 17.2 Å². The molecular formula is C14H21N3O5S. The van der Waals surface area contributed by atoms with Crippen LogP contribution in [0.1, 0.15) is 6.42 Å². The Morgan fingerprint density at radius 3 is 2.61 bits per heavy atom. The molecule has 0 unspecified atom stereocenters. The van der Waals surface area contributed by atoms with Gasteiger partial charge < -0.3 is 10.0 Å². The molecule has 0 atom stereocenters. The predicted octanol–water partition coefficient (Wildman–Crippen LogP) is 0.503. The summed E-state index contributed by atoms with van der Waals surface area (Å²) in [7, 11) is -3.57. The number of aliphatic hydroxyl groups excluding tert-OH is 1. The molecule has 1 aromatic rings. The number of nitrogens with zero attached hydrogens (tertiary/aromatic N) is 3. The number of hydrogen-bond donors (Lipinski definition) is 1. The number of anilines is 1. The number of non-ortho nitro benzene ring substituents is 1. The summed E-state index contributed by atoms with van der Waals surface area (Å²) in [6.45, 7) is 3.50. The molecule has 0 amide bonds. The molecule has 23 heavy (non-hydrogen) atoms. The fraction of sp³-hybridized carbons (Fsp3) is 0.571. The summed E-state index contributed by atoms with van der Waals surface area (Å²) in [4.78, 5) is 14.4. The molecule has 1 aromatic carbocycles. The van der Waals surface area contributed by atoms with Gasteiger partial charge in [0.1, 0.15) is 0 Å². The Kier molecular flexibility index (Phi) is 5.55. The Bertz CT molecular complexity index is 677. The van der Waals surface area contributed by atoms with E-state index in [1.807, 2.05) is 4.90 Å². The minimum Gasteiger partial charge on any atom is -0.395 e. The summed E-state index contributed by atoms with van der Waals surface area (Å²) in [6, 6.07) is 3.97. The van der Waals surface area contributed by atoms with Gasteiger partial charge in [-0.3, -0.25) is 15.0 Å². The van der Waals surface area contributed by atoms with Crippen molar-refractivity contribution in [3.05, 3.63) is 28.3 Å². The molecule has 0 spiro atoms. The van der Waals surface area contributed by atoms with E-state index < -0.39 is 14.8 Å². The molecule has 1 heterocycles. The van der Waals surface area contributed by atoms with Crippen LogP contribution in [0, 0.1) is 10.1 Å². The fourth-order valence-corrected chi connectivity index (χ4v) is 3.66. The Balaban J connectivity index is 2.33. The average molecular weight is 343 g/mol. The van der Waals surface area contributed by atoms with E-state index in [2.05, 4.69) is 4.90 Å². The number of hydrogen-bond acceptors (Lipinski definition) is 7. The molecule has 0 aliphatic carbocycles. The number of benzene rings is 1. The van der Waals surface area contributed by atoms with Gasteiger partial charge in [-0.1, -0.05) is 0 Å². The van der Waals surface area contributed by atoms with Crippen LogP contribution in [0.25, 0.3) is 0 Å². The van der Waals surface area contributed by atoms with Gasteiger partial charge in [0.2, 0.25) is 0 Å². The summed E-state index contributed by atoms with van der Waals surface area (Å²) >= 11 is 0. The number of nitro groups is 1. The zero-order chi connectivity index (χ0) is 17.0. The van der Waals surface area contributed by atoms with Crippen LogP contribution in [-0.2, 0) is 9.84 Å². The highest BCUT2D eigenvalue weighted by atomic mass is 32.2. The Hall–Kier alpha value is -1.71. The standard InChI is InChI=1S/C14H21N3O5S/c1-23(21,22)14-11-12(17(19)20)3-4-13(14)16-6-2-5-15(7-8-16)9-10-18/h3-4,11,18H,2,5-10H2,1H3. The number of β-amino-alcohol motifs (C(OH)–C–C–N with tert-alkyl or cyclic N) is 1. The van der Waals surface area contributed by atoms with Gasteiger partial charge in [-0.25, -0.2) is 8.42 Å². The number of aliphatic hydroxyl groups is 1. The first-order valence-corrected chi connectivity index (χ1v) is 9.28. The predicted molar refractivity (Wildman–Crippen MR) is 86.6 cm³/mol. The maximum absolute atomic E-state index is 12.0. The molecule has 1 aliphatic rings. The highest BCUT2D eigenvalue weighted by Crippen LogP contribution is 2.30. The van der Waals surface area contributed by atoms with Gasteiger partial charge >= 0.3 is 0 Å². The normalized spacial score (nSPS) is 17.0. The molecule has 1 N–H and O–H groups in total. The topological polar surface area (TPSA) is 104 Å². The third-order valence-electron chi connectivity index (χ3n) is 3.90. The van der Waals surface area contributed by atoms with Gasteiger partial charge in [0.05, 0.1) is 22.1 Å². The maximum atomic E-state index is 12.0. The Morgan fingerprint density at radius 2 is 2.00 bits per heavy atom. The van der Waals surface area contributed by atoms with Crippen LogP contribution >= 0.6 is 0 Å². The molecular weight excluding hydrogens is 322 g/mol. The molecule has 0 bridgehead atoms. The van der Waals surface area contributed by atoms with Gasteiger partial charge in [0.15, 0.2) is 9.84 Å². The van der Waals surface area contributed by atoms with Gasteiger partial charge in [-0.05, 0) is 19.0 Å². The van der Waals surface area contributed by atoms with E-state index in [9.17, 15) is 18.5 Å². The second-order valence-electron chi connectivity index (χ2n) is 5.59. The minimum absolute atomic E-state index is 0.0118. The highest BCUT2D eigenvalue weighted by molar-refractivity contribution is 7.90. The lowest BCUT2D eigenvalue weighted by Gasteiger charge is -2.25. The van der Waals surface area contributed by atoms with Gasteiger partial charge in [0.25, 0.3) is 5.69 Å². The molecule has 0 saturated carbocycles. The monoisotopic (exact) mass is 343 g/mol. The molecule has 128 valence electrons. The second-order valence-corrected chi connectivity index (χ2v) is 7.57. The van der Waals surface area contributed by atoms with Crippen molar-refractivity contribution >= 4 is 21.2 Å². The van der Waals surface area contributed by atoms with E-state index in [0.717, 1.165) is 25.3 Å². The first-order chi connectivity index (χ1) is 10.8. The van der Waals surface area contributed by atoms with E-state index in [1.54, 1.807) is 0 Å². The number of rotatable bonds is 5. The van der Waals surface area contributed by atoms with Crippen LogP contribution in [0.5, 0.6) is 0 Å². The lowest BCUT2D eigenvalue weighted by molar-refractivity contribution is -0.385. The molecule has 1 fully saturated rings. The maximum Gasteiger partial charge on any atom is 0.270 e. The van der Waals surface area contributed by atoms with Crippen LogP contribution in [-0.4, -0.2) is 68.9 Å². The molecule has 2 rings (SSSR count). The third kappa shape index (κ3) is 4.40. The van der Waals surface area contributed by atoms with E-state index in [1.165, 1.54) is 12.1 Å². The van der Waals surface area contributed by atoms with Gasteiger partial charge in [0, 0.05) is 44.6 Å². The lowest BCUT2D eigenvalue weighted by atomic mass is 10.2. The van der Waals surface area contributed by atoms with Crippen LogP contribution in [0.15, 0.2) is 23.1 Å². The van der Waals surface area contributed by atoms with Gasteiger partial charge in [-0.15, -0.1) is 0 Å². The molecule has 0 aromatic heterocycles. The summed E-state index contributed by atoms with van der Waals surface area (Å²) in [5, 5.41) is 19.9. The van der Waals surface area contributed by atoms with Crippen molar-refractivity contribution in [2.45, 2.75) is 11.3 Å². The van der Waals surface area contributed by atoms with E-state index in [0.29, 0.717) is 31.9 Å². The summed E-state index contributed by atoms with van der Waals surface area (Å²) < 4.78 is 24.1. The quantitative estimate of drug-likeness (QED) is 0.613. The molecule has 8 nitrogen and oxygen atoms in total. The first-order valence-electron chi connectivity index (χ1n) is 7.39. The average Bonchev–Trinajstić information content (AvgIpc) is 2.72. The molecule has 1 saturated heterocycles. The van der Waals surface area contributed by atoms with Crippen molar-refractivity contribution in [2.75, 3.05) is 50.5 Å². The second kappa shape index (κ2) is 7.24. The molecule has 9 heteroatoms. The fourth-order valence-electron chi connectivity index (χ4n) is 2.75. The third-order valence-corrected chi connectivity index (χ3v) is 5.03. The summed E-state index contributed by atoms with van der Waals surface area (Å²) in [6.07, 6.45) is 1.89. The minimum atomic E-state index is -3.57. The number of nitro benzene ring substituents is 1. The SMILES string of the molecule is CS(=O)(=O)c1cc([N+](=O)[O-])ccc1N1CCCN(CCO)CC1. The van der Waals surface area contributed by atoms with Crippen molar-refractivity contribution in [3.63, 3.8) is 0 Å². The van der Waals surface area contributed by atoms with E-state index in [4.69, 9.17) is 5.11 Å². The van der Waals surface area contributed by atoms with Crippen molar-refractivity contribution in [1.29, 1.82) is 0 Å². The Labute approximate surface area is 135 Å². The van der Waals surface area contributed by atoms with Crippen LogP contribution in [0.4, 0.5) is 11.4 Å². The Morgan fingerprint density at radius 1 is 1.26 bits per heavy atom. The molecule has 1 aliphatic heterocycles. The van der Waals surface area contributed by atoms with Gasteiger partial charge in [-0.2, -0.15) is 0 Å².